The molecule has 1 aromatic carbocycles. The second-order valence-corrected chi connectivity index (χ2v) is 8.38. The molecule has 6 nitrogen and oxygen atoms in total. The Balaban J connectivity index is 1.83. The third-order valence-corrected chi connectivity index (χ3v) is 5.77. The van der Waals surface area contributed by atoms with Gasteiger partial charge in [-0.3, -0.25) is 14.2 Å². The molecular weight excluding hydrogens is 394 g/mol. The SMILES string of the molecule is C=CCN1C(=O)/C(=C/c2ccc(-c3ccc(S(=O)(=O)O)cc3)o2)SC1=S. The fourth-order valence-corrected chi connectivity index (χ4v) is 4.03. The molecule has 1 amide bonds. The van der Waals surface area contributed by atoms with Crippen molar-refractivity contribution in [3.63, 3.8) is 0 Å². The van der Waals surface area contributed by atoms with Crippen LogP contribution in [0.2, 0.25) is 0 Å². The molecule has 2 aromatic rings. The Morgan fingerprint density at radius 2 is 1.92 bits per heavy atom. The number of hydrogen-bond acceptors (Lipinski definition) is 6. The minimum atomic E-state index is -4.24. The maximum Gasteiger partial charge on any atom is 0.294 e. The van der Waals surface area contributed by atoms with Crippen LogP contribution >= 0.6 is 24.0 Å². The lowest BCUT2D eigenvalue weighted by Gasteiger charge is -2.10. The molecule has 1 aliphatic heterocycles. The van der Waals surface area contributed by atoms with Crippen molar-refractivity contribution in [3.8, 4) is 11.3 Å². The highest BCUT2D eigenvalue weighted by Crippen LogP contribution is 2.33. The summed E-state index contributed by atoms with van der Waals surface area (Å²) >= 11 is 6.37. The van der Waals surface area contributed by atoms with Crippen LogP contribution in [0.5, 0.6) is 0 Å². The molecular formula is C17H13NO5S3. The molecule has 1 fully saturated rings. The molecule has 0 atom stereocenters. The van der Waals surface area contributed by atoms with Gasteiger partial charge in [-0.05, 0) is 36.4 Å². The Kier molecular flexibility index (Phi) is 5.15. The fraction of sp³-hybridized carbons (Fsp3) is 0.0588. The Morgan fingerprint density at radius 3 is 2.54 bits per heavy atom. The molecule has 26 heavy (non-hydrogen) atoms. The second kappa shape index (κ2) is 7.20. The predicted octanol–water partition coefficient (Wildman–Crippen LogP) is 3.58. The van der Waals surface area contributed by atoms with Gasteiger partial charge in [0.1, 0.15) is 15.8 Å². The molecule has 2 heterocycles. The van der Waals surface area contributed by atoms with Crippen LogP contribution in [-0.2, 0) is 14.9 Å². The highest BCUT2D eigenvalue weighted by Gasteiger charge is 2.31. The first-order chi connectivity index (χ1) is 12.3. The summed E-state index contributed by atoms with van der Waals surface area (Å²) in [4.78, 5) is 14.0. The van der Waals surface area contributed by atoms with Crippen molar-refractivity contribution >= 4 is 50.4 Å². The van der Waals surface area contributed by atoms with Crippen LogP contribution in [0.25, 0.3) is 17.4 Å². The molecule has 3 rings (SSSR count). The Bertz CT molecular complexity index is 1020. The van der Waals surface area contributed by atoms with Gasteiger partial charge in [0.15, 0.2) is 0 Å². The summed E-state index contributed by atoms with van der Waals surface area (Å²) < 4.78 is 37.3. The van der Waals surface area contributed by atoms with Crippen molar-refractivity contribution in [1.82, 2.24) is 4.90 Å². The zero-order valence-corrected chi connectivity index (χ0v) is 15.7. The average Bonchev–Trinajstić information content (AvgIpc) is 3.15. The lowest BCUT2D eigenvalue weighted by Crippen LogP contribution is -2.27. The van der Waals surface area contributed by atoms with Crippen molar-refractivity contribution in [2.45, 2.75) is 4.90 Å². The third-order valence-electron chi connectivity index (χ3n) is 3.52. The number of rotatable bonds is 5. The van der Waals surface area contributed by atoms with Crippen LogP contribution < -0.4 is 0 Å². The second-order valence-electron chi connectivity index (χ2n) is 5.28. The van der Waals surface area contributed by atoms with Gasteiger partial charge in [-0.25, -0.2) is 0 Å². The number of carbonyl (C=O) groups excluding carboxylic acids is 1. The van der Waals surface area contributed by atoms with Gasteiger partial charge in [0, 0.05) is 18.2 Å². The normalized spacial score (nSPS) is 16.5. The summed E-state index contributed by atoms with van der Waals surface area (Å²) in [5, 5.41) is 0. The van der Waals surface area contributed by atoms with Gasteiger partial charge in [-0.15, -0.1) is 6.58 Å². The number of thiocarbonyl (C=S) groups is 1. The first-order valence-corrected chi connectivity index (χ1v) is 10.00. The van der Waals surface area contributed by atoms with Gasteiger partial charge in [0.25, 0.3) is 16.0 Å². The highest BCUT2D eigenvalue weighted by molar-refractivity contribution is 8.26. The number of nitrogens with zero attached hydrogens (tertiary/aromatic N) is 1. The maximum absolute atomic E-state index is 12.3. The van der Waals surface area contributed by atoms with E-state index in [9.17, 15) is 13.2 Å². The smallest absolute Gasteiger partial charge is 0.294 e. The minimum Gasteiger partial charge on any atom is -0.457 e. The number of carbonyl (C=O) groups is 1. The lowest BCUT2D eigenvalue weighted by atomic mass is 10.2. The van der Waals surface area contributed by atoms with Crippen LogP contribution in [0.15, 0.2) is 63.3 Å². The van der Waals surface area contributed by atoms with Gasteiger partial charge in [-0.2, -0.15) is 8.42 Å². The van der Waals surface area contributed by atoms with Crippen LogP contribution in [0.1, 0.15) is 5.76 Å². The van der Waals surface area contributed by atoms with Gasteiger partial charge in [0.05, 0.1) is 9.80 Å². The molecule has 0 spiro atoms. The van der Waals surface area contributed by atoms with E-state index in [2.05, 4.69) is 6.58 Å². The van der Waals surface area contributed by atoms with E-state index in [0.717, 1.165) is 0 Å². The predicted molar refractivity (Wildman–Crippen MR) is 104 cm³/mol. The zero-order valence-electron chi connectivity index (χ0n) is 13.3. The number of amides is 1. The van der Waals surface area contributed by atoms with Crippen LogP contribution in [0.4, 0.5) is 0 Å². The van der Waals surface area contributed by atoms with E-state index < -0.39 is 10.1 Å². The van der Waals surface area contributed by atoms with Gasteiger partial charge in [-0.1, -0.05) is 30.1 Å². The largest absolute Gasteiger partial charge is 0.457 e. The first kappa shape index (κ1) is 18.6. The summed E-state index contributed by atoms with van der Waals surface area (Å²) in [5.41, 5.74) is 0.635. The maximum atomic E-state index is 12.3. The lowest BCUT2D eigenvalue weighted by molar-refractivity contribution is -0.121. The first-order valence-electron chi connectivity index (χ1n) is 7.33. The number of furan rings is 1. The molecule has 0 radical (unpaired) electrons. The summed E-state index contributed by atoms with van der Waals surface area (Å²) in [6.07, 6.45) is 3.22. The van der Waals surface area contributed by atoms with E-state index in [0.29, 0.717) is 32.9 Å². The Labute approximate surface area is 159 Å². The van der Waals surface area contributed by atoms with E-state index in [1.807, 2.05) is 0 Å². The van der Waals surface area contributed by atoms with Crippen molar-refractivity contribution in [2.24, 2.45) is 0 Å². The average molecular weight is 407 g/mol. The summed E-state index contributed by atoms with van der Waals surface area (Å²) in [7, 11) is -4.24. The Hall–Kier alpha value is -2.20. The molecule has 1 saturated heterocycles. The van der Waals surface area contributed by atoms with Crippen molar-refractivity contribution in [1.29, 1.82) is 0 Å². The topological polar surface area (TPSA) is 87.8 Å². The summed E-state index contributed by atoms with van der Waals surface area (Å²) in [5.74, 6) is 0.771. The number of benzene rings is 1. The van der Waals surface area contributed by atoms with E-state index >= 15 is 0 Å². The van der Waals surface area contributed by atoms with Gasteiger partial charge >= 0.3 is 0 Å². The summed E-state index contributed by atoms with van der Waals surface area (Å²) in [6.45, 7) is 3.96. The molecule has 0 saturated carbocycles. The Morgan fingerprint density at radius 1 is 1.23 bits per heavy atom. The zero-order chi connectivity index (χ0) is 18.9. The van der Waals surface area contributed by atoms with E-state index in [1.54, 1.807) is 24.3 Å². The highest BCUT2D eigenvalue weighted by atomic mass is 32.2. The molecule has 1 aliphatic rings. The van der Waals surface area contributed by atoms with E-state index in [4.69, 9.17) is 21.2 Å². The van der Waals surface area contributed by atoms with Crippen LogP contribution in [0, 0.1) is 0 Å². The molecule has 9 heteroatoms. The molecule has 0 unspecified atom stereocenters. The standard InChI is InChI=1S/C17H13NO5S3/c1-2-9-18-16(19)15(25-17(18)24)10-12-5-8-14(23-12)11-3-6-13(7-4-11)26(20,21)22/h2-8,10H,1,9H2,(H,20,21,22)/b15-10-. The number of thioether (sulfide) groups is 1. The molecule has 1 N–H and O–H groups in total. The molecule has 1 aromatic heterocycles. The fourth-order valence-electron chi connectivity index (χ4n) is 2.29. The minimum absolute atomic E-state index is 0.195. The van der Waals surface area contributed by atoms with Gasteiger partial charge < -0.3 is 4.42 Å². The summed E-state index contributed by atoms with van der Waals surface area (Å²) in [6, 6.07) is 9.02. The number of hydrogen-bond donors (Lipinski definition) is 1. The van der Waals surface area contributed by atoms with Crippen molar-refractivity contribution in [2.75, 3.05) is 6.54 Å². The third kappa shape index (κ3) is 3.80. The van der Waals surface area contributed by atoms with Gasteiger partial charge in [0.2, 0.25) is 0 Å². The van der Waals surface area contributed by atoms with Crippen molar-refractivity contribution < 1.29 is 22.2 Å². The van der Waals surface area contributed by atoms with Crippen LogP contribution in [-0.4, -0.2) is 34.6 Å². The molecule has 0 bridgehead atoms. The van der Waals surface area contributed by atoms with E-state index in [1.165, 1.54) is 40.9 Å². The quantitative estimate of drug-likeness (QED) is 0.351. The molecule has 134 valence electrons. The van der Waals surface area contributed by atoms with E-state index in [-0.39, 0.29) is 10.8 Å². The molecule has 0 aliphatic carbocycles. The monoisotopic (exact) mass is 407 g/mol. The van der Waals surface area contributed by atoms with Crippen molar-refractivity contribution in [3.05, 3.63) is 59.7 Å². The van der Waals surface area contributed by atoms with Crippen LogP contribution in [0.3, 0.4) is 0 Å².